The van der Waals surface area contributed by atoms with Crippen molar-refractivity contribution in [3.8, 4) is 0 Å². The molecule has 72 valence electrons. The van der Waals surface area contributed by atoms with Gasteiger partial charge in [-0.1, -0.05) is 6.92 Å². The Labute approximate surface area is 78.5 Å². The van der Waals surface area contributed by atoms with Crippen LogP contribution in [0.5, 0.6) is 0 Å². The number of nitrogens with one attached hydrogen (secondary N) is 1. The lowest BCUT2D eigenvalue weighted by molar-refractivity contribution is 0.270. The van der Waals surface area contributed by atoms with Crippen molar-refractivity contribution < 1.29 is 8.42 Å². The smallest absolute Gasteiger partial charge is 0.212 e. The average molecular weight is 212 g/mol. The summed E-state index contributed by atoms with van der Waals surface area (Å²) >= 11 is 5.34. The second-order valence-electron chi connectivity index (χ2n) is 3.40. The molecule has 0 spiro atoms. The van der Waals surface area contributed by atoms with E-state index in [1.807, 2.05) is 0 Å². The van der Waals surface area contributed by atoms with Crippen LogP contribution in [-0.4, -0.2) is 26.1 Å². The van der Waals surface area contributed by atoms with Crippen molar-refractivity contribution in [1.82, 2.24) is 4.72 Å². The van der Waals surface area contributed by atoms with E-state index in [4.69, 9.17) is 11.6 Å². The van der Waals surface area contributed by atoms with E-state index in [1.54, 1.807) is 0 Å². The molecule has 0 atom stereocenters. The third-order valence-corrected chi connectivity index (χ3v) is 3.91. The Morgan fingerprint density at radius 3 is 2.50 bits per heavy atom. The molecule has 1 rings (SSSR count). The third kappa shape index (κ3) is 2.92. The minimum Gasteiger partial charge on any atom is -0.212 e. The maximum atomic E-state index is 11.1. The van der Waals surface area contributed by atoms with Gasteiger partial charge in [0.15, 0.2) is 0 Å². The first kappa shape index (κ1) is 10.3. The lowest BCUT2D eigenvalue weighted by Gasteiger charge is -2.32. The first-order valence-corrected chi connectivity index (χ1v) is 6.28. The van der Waals surface area contributed by atoms with Crippen molar-refractivity contribution >= 4 is 21.6 Å². The van der Waals surface area contributed by atoms with Crippen LogP contribution in [0.4, 0.5) is 0 Å². The highest BCUT2D eigenvalue weighted by molar-refractivity contribution is 7.89. The van der Waals surface area contributed by atoms with E-state index in [1.165, 1.54) is 0 Å². The highest BCUT2D eigenvalue weighted by atomic mass is 35.5. The molecule has 0 aliphatic heterocycles. The zero-order valence-electron chi connectivity index (χ0n) is 7.09. The molecular weight excluding hydrogens is 198 g/mol. The fraction of sp³-hybridized carbons (Fsp3) is 1.00. The second-order valence-corrected chi connectivity index (χ2v) is 5.65. The van der Waals surface area contributed by atoms with E-state index in [0.29, 0.717) is 5.92 Å². The molecule has 1 fully saturated rings. The lowest BCUT2D eigenvalue weighted by Crippen LogP contribution is -2.44. The Morgan fingerprint density at radius 1 is 1.50 bits per heavy atom. The van der Waals surface area contributed by atoms with E-state index in [0.717, 1.165) is 12.8 Å². The van der Waals surface area contributed by atoms with E-state index < -0.39 is 10.0 Å². The Balaban J connectivity index is 2.31. The molecule has 0 aromatic rings. The fourth-order valence-electron chi connectivity index (χ4n) is 1.41. The first-order valence-electron chi connectivity index (χ1n) is 4.09. The molecule has 0 saturated heterocycles. The molecule has 1 aliphatic carbocycles. The van der Waals surface area contributed by atoms with Crippen molar-refractivity contribution in [2.75, 3.05) is 11.6 Å². The first-order chi connectivity index (χ1) is 5.53. The molecule has 0 amide bonds. The summed E-state index contributed by atoms with van der Waals surface area (Å²) in [6.07, 6.45) is 1.92. The summed E-state index contributed by atoms with van der Waals surface area (Å²) in [5.41, 5.74) is 0. The van der Waals surface area contributed by atoms with Gasteiger partial charge < -0.3 is 0 Å². The predicted octanol–water partition coefficient (Wildman–Crippen LogP) is 0.943. The Bertz CT molecular complexity index is 234. The third-order valence-electron chi connectivity index (χ3n) is 2.07. The molecule has 12 heavy (non-hydrogen) atoms. The topological polar surface area (TPSA) is 46.2 Å². The summed E-state index contributed by atoms with van der Waals surface area (Å²) in [5.74, 6) is 0.852. The molecule has 0 radical (unpaired) electrons. The monoisotopic (exact) mass is 211 g/mol. The van der Waals surface area contributed by atoms with E-state index in [-0.39, 0.29) is 17.7 Å². The van der Waals surface area contributed by atoms with Gasteiger partial charge in [0.25, 0.3) is 0 Å². The number of hydrogen-bond donors (Lipinski definition) is 1. The highest BCUT2D eigenvalue weighted by Crippen LogP contribution is 2.26. The normalized spacial score (nSPS) is 29.8. The van der Waals surface area contributed by atoms with Crippen LogP contribution in [0.1, 0.15) is 19.8 Å². The van der Waals surface area contributed by atoms with E-state index in [9.17, 15) is 8.42 Å². The van der Waals surface area contributed by atoms with Crippen LogP contribution in [-0.2, 0) is 10.0 Å². The second kappa shape index (κ2) is 3.94. The summed E-state index contributed by atoms with van der Waals surface area (Å²) < 4.78 is 24.9. The van der Waals surface area contributed by atoms with Crippen molar-refractivity contribution in [2.45, 2.75) is 25.8 Å². The van der Waals surface area contributed by atoms with E-state index in [2.05, 4.69) is 11.6 Å². The molecule has 1 saturated carbocycles. The standard InChI is InChI=1S/C7H14ClNO2S/c1-6-4-7(5-6)9-12(10,11)3-2-8/h6-7,9H,2-5H2,1H3. The number of alkyl halides is 1. The Morgan fingerprint density at radius 2 is 2.08 bits per heavy atom. The number of halogens is 1. The van der Waals surface area contributed by atoms with Gasteiger partial charge in [0.2, 0.25) is 10.0 Å². The van der Waals surface area contributed by atoms with Crippen LogP contribution in [0, 0.1) is 5.92 Å². The van der Waals surface area contributed by atoms with Gasteiger partial charge in [-0.05, 0) is 18.8 Å². The van der Waals surface area contributed by atoms with Gasteiger partial charge in [-0.3, -0.25) is 0 Å². The van der Waals surface area contributed by atoms with Crippen LogP contribution in [0.3, 0.4) is 0 Å². The zero-order chi connectivity index (χ0) is 9.19. The van der Waals surface area contributed by atoms with Gasteiger partial charge in [-0.2, -0.15) is 0 Å². The van der Waals surface area contributed by atoms with Crippen LogP contribution >= 0.6 is 11.6 Å². The number of sulfonamides is 1. The maximum Gasteiger partial charge on any atom is 0.213 e. The van der Waals surface area contributed by atoms with Crippen LogP contribution in [0.25, 0.3) is 0 Å². The summed E-state index contributed by atoms with van der Waals surface area (Å²) in [4.78, 5) is 0. The maximum absolute atomic E-state index is 11.1. The number of rotatable bonds is 4. The Hall–Kier alpha value is 0.200. The van der Waals surface area contributed by atoms with Crippen LogP contribution < -0.4 is 4.72 Å². The van der Waals surface area contributed by atoms with Crippen LogP contribution in [0.15, 0.2) is 0 Å². The molecule has 5 heteroatoms. The number of hydrogen-bond acceptors (Lipinski definition) is 2. The highest BCUT2D eigenvalue weighted by Gasteiger charge is 2.28. The molecule has 3 nitrogen and oxygen atoms in total. The van der Waals surface area contributed by atoms with Gasteiger partial charge in [0.1, 0.15) is 0 Å². The van der Waals surface area contributed by atoms with Crippen molar-refractivity contribution in [2.24, 2.45) is 5.92 Å². The summed E-state index contributed by atoms with van der Waals surface area (Å²) in [5, 5.41) is 0. The van der Waals surface area contributed by atoms with Crippen molar-refractivity contribution in [3.05, 3.63) is 0 Å². The van der Waals surface area contributed by atoms with Gasteiger partial charge in [-0.15, -0.1) is 11.6 Å². The summed E-state index contributed by atoms with van der Waals surface area (Å²) in [6, 6.07) is 0.160. The molecule has 0 heterocycles. The molecular formula is C7H14ClNO2S. The average Bonchev–Trinajstić information content (AvgIpc) is 1.83. The zero-order valence-corrected chi connectivity index (χ0v) is 8.66. The molecule has 0 aromatic carbocycles. The van der Waals surface area contributed by atoms with Gasteiger partial charge in [0, 0.05) is 11.9 Å². The molecule has 0 aromatic heterocycles. The molecule has 1 N–H and O–H groups in total. The lowest BCUT2D eigenvalue weighted by atomic mass is 9.83. The molecule has 1 aliphatic rings. The summed E-state index contributed by atoms with van der Waals surface area (Å²) in [6.45, 7) is 2.12. The van der Waals surface area contributed by atoms with Crippen molar-refractivity contribution in [3.63, 3.8) is 0 Å². The van der Waals surface area contributed by atoms with Gasteiger partial charge in [0.05, 0.1) is 5.75 Å². The molecule has 0 unspecified atom stereocenters. The Kier molecular flexibility index (Phi) is 3.37. The SMILES string of the molecule is CC1CC(NS(=O)(=O)CCCl)C1. The predicted molar refractivity (Wildman–Crippen MR) is 49.8 cm³/mol. The minimum absolute atomic E-state index is 0.0272. The molecule has 0 bridgehead atoms. The fourth-order valence-corrected chi connectivity index (χ4v) is 3.04. The van der Waals surface area contributed by atoms with Gasteiger partial charge in [-0.25, -0.2) is 13.1 Å². The largest absolute Gasteiger partial charge is 0.213 e. The minimum atomic E-state index is -3.10. The van der Waals surface area contributed by atoms with Crippen molar-refractivity contribution in [1.29, 1.82) is 0 Å². The van der Waals surface area contributed by atoms with E-state index >= 15 is 0 Å². The van der Waals surface area contributed by atoms with Gasteiger partial charge >= 0.3 is 0 Å². The summed E-state index contributed by atoms with van der Waals surface area (Å²) in [7, 11) is -3.10. The van der Waals surface area contributed by atoms with Crippen LogP contribution in [0.2, 0.25) is 0 Å². The quantitative estimate of drug-likeness (QED) is 0.704.